The molecule has 564 valence electrons. The van der Waals surface area contributed by atoms with Crippen molar-refractivity contribution in [2.45, 2.75) is 103 Å². The Hall–Kier alpha value is -10.1. The van der Waals surface area contributed by atoms with Crippen LogP contribution < -0.4 is 41.4 Å². The number of methoxy groups -OCH3 is 2. The van der Waals surface area contributed by atoms with Crippen molar-refractivity contribution in [2.75, 3.05) is 77.2 Å². The largest absolute Gasteiger partial charge is 0.481 e. The number of carbonyl (C=O) groups excluding carboxylic acids is 8. The van der Waals surface area contributed by atoms with Crippen molar-refractivity contribution in [3.63, 3.8) is 0 Å². The smallest absolute Gasteiger partial charge is 0.291 e. The average molecular weight is 1550 g/mol. The van der Waals surface area contributed by atoms with Crippen LogP contribution in [0.4, 0.5) is 11.4 Å². The summed E-state index contributed by atoms with van der Waals surface area (Å²) in [6.45, 7) is 8.98. The van der Waals surface area contributed by atoms with Gasteiger partial charge in [-0.3, -0.25) is 48.3 Å². The quantitative estimate of drug-likeness (QED) is 0.0416. The van der Waals surface area contributed by atoms with Gasteiger partial charge < -0.3 is 70.1 Å². The molecular weight excluding hydrogens is 1470 g/mol. The molecule has 6 aliphatic rings. The predicted octanol–water partition coefficient (Wildman–Crippen LogP) is 8.47. The Morgan fingerprint density at radius 2 is 0.917 bits per heavy atom. The summed E-state index contributed by atoms with van der Waals surface area (Å²) < 4.78 is 14.8. The Morgan fingerprint density at radius 3 is 1.29 bits per heavy atom. The molecule has 4 fully saturated rings. The van der Waals surface area contributed by atoms with E-state index in [0.717, 1.165) is 35.4 Å². The lowest BCUT2D eigenvalue weighted by atomic mass is 10.0. The molecule has 8 aromatic rings. The van der Waals surface area contributed by atoms with Crippen LogP contribution in [0.3, 0.4) is 0 Å². The lowest BCUT2D eigenvalue weighted by Crippen LogP contribution is -2.41. The maximum Gasteiger partial charge on any atom is 0.291 e. The number of halogens is 4. The van der Waals surface area contributed by atoms with Gasteiger partial charge in [-0.25, -0.2) is 19.9 Å². The third-order valence-corrected chi connectivity index (χ3v) is 22.3. The van der Waals surface area contributed by atoms with Gasteiger partial charge in [0.15, 0.2) is 11.6 Å². The summed E-state index contributed by atoms with van der Waals surface area (Å²) in [5, 5.41) is 19.6. The molecular formula is C76H82Cl4N18O10. The minimum atomic E-state index is -0.455. The van der Waals surface area contributed by atoms with Crippen LogP contribution >= 0.6 is 46.4 Å². The highest BCUT2D eigenvalue weighted by atomic mass is 35.5. The maximum absolute atomic E-state index is 13.7. The molecule has 0 unspecified atom stereocenters. The first kappa shape index (κ1) is 76.1. The number of benzene rings is 2. The third-order valence-electron chi connectivity index (χ3n) is 20.7. The molecule has 8 amide bonds. The summed E-state index contributed by atoms with van der Waals surface area (Å²) in [4.78, 5) is 135. The predicted molar refractivity (Wildman–Crippen MR) is 406 cm³/mol. The van der Waals surface area contributed by atoms with E-state index in [-0.39, 0.29) is 81.1 Å². The Bertz CT molecular complexity index is 4580. The number of likely N-dealkylation sites (tertiary alicyclic amines) is 2. The van der Waals surface area contributed by atoms with Crippen LogP contribution in [0.2, 0.25) is 20.1 Å². The molecule has 108 heavy (non-hydrogen) atoms. The molecule has 6 aliphatic heterocycles. The van der Waals surface area contributed by atoms with Crippen molar-refractivity contribution >= 4 is 105 Å². The van der Waals surface area contributed by atoms with Crippen LogP contribution in [-0.2, 0) is 81.9 Å². The van der Waals surface area contributed by atoms with Gasteiger partial charge in [0.05, 0.1) is 105 Å². The molecule has 0 spiro atoms. The number of carbonyl (C=O) groups is 8. The topological polar surface area (TPSA) is 327 Å². The average Bonchev–Trinajstić information content (AvgIpc) is 1.27. The zero-order valence-electron chi connectivity index (χ0n) is 60.5. The van der Waals surface area contributed by atoms with Crippen molar-refractivity contribution in [1.82, 2.24) is 79.9 Å². The number of hydrogen-bond donors (Lipinski definition) is 6. The van der Waals surface area contributed by atoms with Crippen LogP contribution in [0.25, 0.3) is 45.0 Å². The summed E-state index contributed by atoms with van der Waals surface area (Å²) in [5.74, 6) is 0.0255. The highest BCUT2D eigenvalue weighted by molar-refractivity contribution is 6.40. The van der Waals surface area contributed by atoms with Crippen LogP contribution in [0.15, 0.2) is 85.2 Å². The second-order valence-corrected chi connectivity index (χ2v) is 29.1. The molecule has 28 nitrogen and oxygen atoms in total. The lowest BCUT2D eigenvalue weighted by molar-refractivity contribution is -0.137. The van der Waals surface area contributed by atoms with E-state index in [1.807, 2.05) is 24.3 Å². The fourth-order valence-electron chi connectivity index (χ4n) is 14.8. The highest BCUT2D eigenvalue weighted by Gasteiger charge is 2.38. The van der Waals surface area contributed by atoms with E-state index in [1.165, 1.54) is 13.8 Å². The molecule has 12 heterocycles. The Labute approximate surface area is 643 Å². The first-order chi connectivity index (χ1) is 52.0. The van der Waals surface area contributed by atoms with Crippen molar-refractivity contribution < 1.29 is 47.8 Å². The van der Waals surface area contributed by atoms with E-state index in [0.29, 0.717) is 207 Å². The number of amides is 8. The Morgan fingerprint density at radius 1 is 0.500 bits per heavy atom. The molecule has 0 saturated carbocycles. The lowest BCUT2D eigenvalue weighted by Gasteiger charge is -2.29. The van der Waals surface area contributed by atoms with Gasteiger partial charge in [0.2, 0.25) is 47.2 Å². The molecule has 6 N–H and O–H groups in total. The van der Waals surface area contributed by atoms with Crippen LogP contribution in [0.5, 0.6) is 11.8 Å². The second-order valence-electron chi connectivity index (χ2n) is 27.6. The fraction of sp³-hybridized carbons (Fsp3) is 0.395. The third kappa shape index (κ3) is 16.3. The summed E-state index contributed by atoms with van der Waals surface area (Å²) in [5.41, 5.74) is 9.77. The molecule has 4 atom stereocenters. The second kappa shape index (κ2) is 33.2. The van der Waals surface area contributed by atoms with Crippen molar-refractivity contribution in [3.8, 4) is 56.8 Å². The fourth-order valence-corrected chi connectivity index (χ4v) is 15.9. The van der Waals surface area contributed by atoms with Gasteiger partial charge in [0.1, 0.15) is 0 Å². The molecule has 2 aromatic carbocycles. The number of imidazole rings is 2. The molecule has 14 rings (SSSR count). The van der Waals surface area contributed by atoms with E-state index in [9.17, 15) is 38.4 Å². The Kier molecular flexibility index (Phi) is 23.4. The van der Waals surface area contributed by atoms with E-state index < -0.39 is 11.8 Å². The molecule has 32 heteroatoms. The van der Waals surface area contributed by atoms with Gasteiger partial charge in [-0.05, 0) is 62.1 Å². The first-order valence-electron chi connectivity index (χ1n) is 35.8. The van der Waals surface area contributed by atoms with Gasteiger partial charge in [-0.15, -0.1) is 0 Å². The van der Waals surface area contributed by atoms with E-state index in [1.54, 1.807) is 118 Å². The minimum Gasteiger partial charge on any atom is -0.481 e. The zero-order chi connectivity index (χ0) is 76.2. The molecule has 0 radical (unpaired) electrons. The SMILES string of the molecule is COc1nc(-c2ccnc(-c3cccc(NC(=O)c4nc5c(n4C)CCN(C(=O)[C@H]4CCN(C(C)=O)C4)C5)c3Cl)c2Cl)ccc1CNC[C@@H]1CCC(=O)N1.COc1nc(-c2ccnc(-c3cccc(NC(=O)c4nc5c(n4C)CCN(C(=O)[C@H]4CCN(C(C)=O)C4)C5)c3Cl)c2Cl)ccc1CNC[C@@H]1CCC(=O)N1. The minimum absolute atomic E-state index is 0.00780. The summed E-state index contributed by atoms with van der Waals surface area (Å²) >= 11 is 27.8. The number of hydrogen-bond acceptors (Lipinski definition) is 18. The summed E-state index contributed by atoms with van der Waals surface area (Å²) in [7, 11) is 6.69. The van der Waals surface area contributed by atoms with Gasteiger partial charge >= 0.3 is 0 Å². The normalized spacial score (nSPS) is 18.1. The van der Waals surface area contributed by atoms with Crippen molar-refractivity contribution in [1.29, 1.82) is 0 Å². The van der Waals surface area contributed by atoms with Gasteiger partial charge in [-0.1, -0.05) is 82.8 Å². The summed E-state index contributed by atoms with van der Waals surface area (Å²) in [6, 6.07) is 21.7. The monoisotopic (exact) mass is 1550 g/mol. The molecule has 4 saturated heterocycles. The van der Waals surface area contributed by atoms with Gasteiger partial charge in [-0.2, -0.15) is 0 Å². The number of rotatable bonds is 20. The van der Waals surface area contributed by atoms with Crippen molar-refractivity contribution in [2.24, 2.45) is 25.9 Å². The molecule has 0 bridgehead atoms. The van der Waals surface area contributed by atoms with E-state index in [2.05, 4.69) is 51.8 Å². The highest BCUT2D eigenvalue weighted by Crippen LogP contribution is 2.43. The molecule has 6 aromatic heterocycles. The number of fused-ring (bicyclic) bond motifs is 2. The summed E-state index contributed by atoms with van der Waals surface area (Å²) in [6.07, 6.45) is 8.35. The number of ether oxygens (including phenoxy) is 2. The molecule has 0 aliphatic carbocycles. The van der Waals surface area contributed by atoms with E-state index >= 15 is 0 Å². The first-order valence-corrected chi connectivity index (χ1v) is 37.3. The standard InChI is InChI=1S/2C38H41Cl2N9O5/c2*1-21(50)48-15-12-23(19-48)38(53)49-16-13-30-29(20-49)44-35(47(30)2)36(52)45-28-6-4-5-26(32(28)39)34-33(40)25(11-14-42-34)27-9-7-22(37(46-27)54-3)17-41-18-24-8-10-31(51)43-24/h2*4-7,9,11,14,23-24,41H,8,10,12-13,15-20H2,1-3H3,(H,43,51)(H,45,52)/t2*23-,24-/m00/s1. The Balaban J connectivity index is 0.000000190. The number of nitrogens with one attached hydrogen (secondary N) is 6. The van der Waals surface area contributed by atoms with Gasteiger partial charge in [0.25, 0.3) is 11.8 Å². The zero-order valence-corrected chi connectivity index (χ0v) is 63.5. The number of anilines is 2. The van der Waals surface area contributed by atoms with Gasteiger partial charge in [0, 0.05) is 188 Å². The number of nitrogens with zero attached hydrogens (tertiary/aromatic N) is 12. The number of aromatic nitrogens is 8. The van der Waals surface area contributed by atoms with Crippen LogP contribution in [0, 0.1) is 11.8 Å². The number of pyridine rings is 4. The van der Waals surface area contributed by atoms with Crippen LogP contribution in [0.1, 0.15) is 108 Å². The van der Waals surface area contributed by atoms with E-state index in [4.69, 9.17) is 65.8 Å². The maximum atomic E-state index is 13.7. The van der Waals surface area contributed by atoms with Crippen molar-refractivity contribution in [3.05, 3.63) is 151 Å². The van der Waals surface area contributed by atoms with Crippen LogP contribution in [-0.4, -0.2) is 185 Å².